The van der Waals surface area contributed by atoms with Crippen LogP contribution < -0.4 is 10.1 Å². The molecule has 1 saturated carbocycles. The fraction of sp³-hybridized carbons (Fsp3) is 0.640. The third kappa shape index (κ3) is 6.22. The van der Waals surface area contributed by atoms with Crippen LogP contribution in [0.1, 0.15) is 76.6 Å². The lowest BCUT2D eigenvalue weighted by Crippen LogP contribution is -2.37. The molecule has 2 aromatic rings. The second kappa shape index (κ2) is 11.8. The van der Waals surface area contributed by atoms with Crippen molar-refractivity contribution < 1.29 is 9.53 Å². The quantitative estimate of drug-likeness (QED) is 0.528. The minimum atomic E-state index is -0.158. The highest BCUT2D eigenvalue weighted by Gasteiger charge is 2.28. The molecule has 0 spiro atoms. The number of likely N-dealkylation sites (tertiary alicyclic amines) is 1. The highest BCUT2D eigenvalue weighted by molar-refractivity contribution is 8.00. The zero-order valence-electron chi connectivity index (χ0n) is 20.0. The van der Waals surface area contributed by atoms with Gasteiger partial charge in [-0.25, -0.2) is 0 Å². The number of anilines is 1. The molecule has 180 valence electrons. The molecule has 1 aromatic heterocycles. The van der Waals surface area contributed by atoms with Crippen molar-refractivity contribution in [2.75, 3.05) is 25.5 Å². The molecule has 33 heavy (non-hydrogen) atoms. The number of benzene rings is 1. The van der Waals surface area contributed by atoms with E-state index < -0.39 is 0 Å². The van der Waals surface area contributed by atoms with Crippen molar-refractivity contribution in [3.8, 4) is 5.75 Å². The van der Waals surface area contributed by atoms with E-state index in [9.17, 15) is 4.79 Å². The SMILES string of the molecule is COc1cccc(NCc2nnc(SC(C)C(=O)N3CCCCCC3)n2C2CCCCC2)c1. The molecule has 2 aliphatic rings. The van der Waals surface area contributed by atoms with Gasteiger partial charge in [-0.1, -0.05) is 49.9 Å². The second-order valence-electron chi connectivity index (χ2n) is 9.15. The number of amides is 1. The van der Waals surface area contributed by atoms with Gasteiger partial charge < -0.3 is 19.5 Å². The van der Waals surface area contributed by atoms with Crippen molar-refractivity contribution in [3.63, 3.8) is 0 Å². The van der Waals surface area contributed by atoms with Crippen LogP contribution in [0.25, 0.3) is 0 Å². The highest BCUT2D eigenvalue weighted by atomic mass is 32.2. The Morgan fingerprint density at radius 2 is 1.85 bits per heavy atom. The fourth-order valence-corrected chi connectivity index (χ4v) is 5.91. The zero-order valence-corrected chi connectivity index (χ0v) is 20.8. The Hall–Kier alpha value is -2.22. The Kier molecular flexibility index (Phi) is 8.53. The number of hydrogen-bond donors (Lipinski definition) is 1. The van der Waals surface area contributed by atoms with Gasteiger partial charge in [-0.3, -0.25) is 4.79 Å². The van der Waals surface area contributed by atoms with E-state index in [-0.39, 0.29) is 11.2 Å². The molecule has 0 radical (unpaired) electrons. The molecule has 7 nitrogen and oxygen atoms in total. The smallest absolute Gasteiger partial charge is 0.235 e. The molecule has 1 amide bonds. The molecule has 1 N–H and O–H groups in total. The summed E-state index contributed by atoms with van der Waals surface area (Å²) in [5.41, 5.74) is 0.992. The summed E-state index contributed by atoms with van der Waals surface area (Å²) < 4.78 is 7.65. The maximum atomic E-state index is 13.1. The first kappa shape index (κ1) is 23.9. The summed E-state index contributed by atoms with van der Waals surface area (Å²) in [6.07, 6.45) is 10.7. The molecule has 1 saturated heterocycles. The third-order valence-corrected chi connectivity index (χ3v) is 7.79. The van der Waals surface area contributed by atoms with Gasteiger partial charge in [0.25, 0.3) is 0 Å². The number of ether oxygens (including phenoxy) is 1. The summed E-state index contributed by atoms with van der Waals surface area (Å²) >= 11 is 1.57. The first-order chi connectivity index (χ1) is 16.2. The Morgan fingerprint density at radius 3 is 2.58 bits per heavy atom. The van der Waals surface area contributed by atoms with Gasteiger partial charge in [0.15, 0.2) is 11.0 Å². The van der Waals surface area contributed by atoms with Crippen molar-refractivity contribution in [2.45, 2.75) is 87.7 Å². The topological polar surface area (TPSA) is 72.3 Å². The lowest BCUT2D eigenvalue weighted by atomic mass is 9.95. The molecule has 1 aliphatic carbocycles. The predicted molar refractivity (Wildman–Crippen MR) is 133 cm³/mol. The Labute approximate surface area is 201 Å². The van der Waals surface area contributed by atoms with E-state index >= 15 is 0 Å². The molecule has 8 heteroatoms. The monoisotopic (exact) mass is 471 g/mol. The van der Waals surface area contributed by atoms with Gasteiger partial charge in [-0.15, -0.1) is 10.2 Å². The van der Waals surface area contributed by atoms with Gasteiger partial charge in [0.05, 0.1) is 18.9 Å². The highest BCUT2D eigenvalue weighted by Crippen LogP contribution is 2.34. The molecule has 0 bridgehead atoms. The zero-order chi connectivity index (χ0) is 23.0. The number of hydrogen-bond acceptors (Lipinski definition) is 6. The van der Waals surface area contributed by atoms with Crippen molar-refractivity contribution in [1.29, 1.82) is 0 Å². The Bertz CT molecular complexity index is 904. The average molecular weight is 472 g/mol. The number of aromatic nitrogens is 3. The molecule has 1 aromatic carbocycles. The summed E-state index contributed by atoms with van der Waals surface area (Å²) in [7, 11) is 1.68. The second-order valence-corrected chi connectivity index (χ2v) is 10.5. The van der Waals surface area contributed by atoms with Crippen LogP contribution in [-0.4, -0.2) is 51.0 Å². The standard InChI is InChI=1S/C25H37N5O2S/c1-19(24(31)29-15-8-3-4-9-16-29)33-25-28-27-23(30(25)21-12-6-5-7-13-21)18-26-20-11-10-14-22(17-20)32-2/h10-11,14,17,19,21,26H,3-9,12-13,15-16,18H2,1-2H3. The van der Waals surface area contributed by atoms with Crippen LogP contribution in [0.2, 0.25) is 0 Å². The maximum Gasteiger partial charge on any atom is 0.235 e. The number of thioether (sulfide) groups is 1. The van der Waals surface area contributed by atoms with E-state index in [0.29, 0.717) is 12.6 Å². The summed E-state index contributed by atoms with van der Waals surface area (Å²) in [6, 6.07) is 8.33. The number of nitrogens with zero attached hydrogens (tertiary/aromatic N) is 4. The largest absolute Gasteiger partial charge is 0.497 e. The van der Waals surface area contributed by atoms with Crippen LogP contribution >= 0.6 is 11.8 Å². The average Bonchev–Trinajstić information content (AvgIpc) is 3.05. The lowest BCUT2D eigenvalue weighted by molar-refractivity contribution is -0.130. The minimum absolute atomic E-state index is 0.158. The van der Waals surface area contributed by atoms with Crippen molar-refractivity contribution in [3.05, 3.63) is 30.1 Å². The third-order valence-electron chi connectivity index (χ3n) is 6.74. The summed E-state index contributed by atoms with van der Waals surface area (Å²) in [5.74, 6) is 1.99. The molecule has 2 fully saturated rings. The van der Waals surface area contributed by atoms with Crippen LogP contribution in [0, 0.1) is 0 Å². The molecular weight excluding hydrogens is 434 g/mol. The van der Waals surface area contributed by atoms with Crippen LogP contribution in [0.4, 0.5) is 5.69 Å². The molecule has 1 aliphatic heterocycles. The van der Waals surface area contributed by atoms with Crippen molar-refractivity contribution in [1.82, 2.24) is 19.7 Å². The Balaban J connectivity index is 1.49. The fourth-order valence-electron chi connectivity index (χ4n) is 4.89. The number of carbonyl (C=O) groups excluding carboxylic acids is 1. The molecule has 2 heterocycles. The van der Waals surface area contributed by atoms with Gasteiger partial charge in [0, 0.05) is 30.9 Å². The molecule has 4 rings (SSSR count). The van der Waals surface area contributed by atoms with E-state index in [4.69, 9.17) is 4.74 Å². The van der Waals surface area contributed by atoms with Crippen LogP contribution in [-0.2, 0) is 11.3 Å². The Morgan fingerprint density at radius 1 is 1.12 bits per heavy atom. The predicted octanol–water partition coefficient (Wildman–Crippen LogP) is 5.29. The number of carbonyl (C=O) groups is 1. The number of methoxy groups -OCH3 is 1. The van der Waals surface area contributed by atoms with Crippen molar-refractivity contribution >= 4 is 23.4 Å². The van der Waals surface area contributed by atoms with Gasteiger partial charge in [-0.05, 0) is 44.7 Å². The molecule has 1 unspecified atom stereocenters. The maximum absolute atomic E-state index is 13.1. The van der Waals surface area contributed by atoms with Gasteiger partial charge in [-0.2, -0.15) is 0 Å². The minimum Gasteiger partial charge on any atom is -0.497 e. The lowest BCUT2D eigenvalue weighted by Gasteiger charge is -2.27. The van der Waals surface area contributed by atoms with Crippen molar-refractivity contribution in [2.24, 2.45) is 0 Å². The molecular formula is C25H37N5O2S. The summed E-state index contributed by atoms with van der Waals surface area (Å²) in [5, 5.41) is 13.3. The summed E-state index contributed by atoms with van der Waals surface area (Å²) in [6.45, 7) is 4.38. The van der Waals surface area contributed by atoms with Gasteiger partial charge in [0.2, 0.25) is 5.91 Å². The first-order valence-electron chi connectivity index (χ1n) is 12.4. The number of rotatable bonds is 8. The van der Waals surface area contributed by atoms with Crippen LogP contribution in [0.15, 0.2) is 29.4 Å². The van der Waals surface area contributed by atoms with Crippen LogP contribution in [0.5, 0.6) is 5.75 Å². The molecule has 1 atom stereocenters. The van der Waals surface area contributed by atoms with E-state index in [1.54, 1.807) is 18.9 Å². The van der Waals surface area contributed by atoms with E-state index in [1.165, 1.54) is 32.1 Å². The van der Waals surface area contributed by atoms with E-state index in [1.807, 2.05) is 31.2 Å². The van der Waals surface area contributed by atoms with Gasteiger partial charge >= 0.3 is 0 Å². The summed E-state index contributed by atoms with van der Waals surface area (Å²) in [4.78, 5) is 15.2. The first-order valence-corrected chi connectivity index (χ1v) is 13.3. The normalized spacial score (nSPS) is 18.5. The number of nitrogens with one attached hydrogen (secondary N) is 1. The van der Waals surface area contributed by atoms with E-state index in [2.05, 4.69) is 25.0 Å². The van der Waals surface area contributed by atoms with Gasteiger partial charge in [0.1, 0.15) is 5.75 Å². The van der Waals surface area contributed by atoms with Crippen LogP contribution in [0.3, 0.4) is 0 Å². The van der Waals surface area contributed by atoms with E-state index in [0.717, 1.165) is 61.2 Å².